The first-order chi connectivity index (χ1) is 16.5. The number of alkyl halides is 2. The maximum atomic E-state index is 14.6. The number of hydrogen-bond acceptors (Lipinski definition) is 5. The first-order valence-electron chi connectivity index (χ1n) is 11.3. The standard InChI is InChI=1S/C25H25F2N7/c1-3-5-11-22-28-24(25(26,27)16-6-4-2)31-34(22)17-18-12-14-19(15-13-18)20-9-7-8-10-21(20)23-29-32-33-30-23/h7-10,12-15H,3-4,6,16-17H2,1-2H3,(H,29,30,32,33). The van der Waals surface area contributed by atoms with Crippen molar-refractivity contribution in [2.75, 3.05) is 0 Å². The average Bonchev–Trinajstić information content (AvgIpc) is 3.53. The summed E-state index contributed by atoms with van der Waals surface area (Å²) in [5.41, 5.74) is 3.69. The summed E-state index contributed by atoms with van der Waals surface area (Å²) in [5, 5.41) is 18.4. The number of H-pyrrole nitrogens is 1. The SMILES string of the molecule is CCC#Cc1nc(C(F)(F)CCCC)nn1Cc1ccc(-c2ccccc2-c2nn[nH]n2)cc1. The second kappa shape index (κ2) is 10.3. The number of aromatic nitrogens is 7. The molecule has 2 aromatic heterocycles. The van der Waals surface area contributed by atoms with E-state index in [1.807, 2.05) is 62.4 Å². The highest BCUT2D eigenvalue weighted by molar-refractivity contribution is 5.80. The van der Waals surface area contributed by atoms with Gasteiger partial charge in [0.15, 0.2) is 0 Å². The molecular formula is C25H25F2N7. The number of nitrogens with zero attached hydrogens (tertiary/aromatic N) is 6. The Balaban J connectivity index is 1.61. The minimum atomic E-state index is -3.08. The summed E-state index contributed by atoms with van der Waals surface area (Å²) < 4.78 is 30.6. The van der Waals surface area contributed by atoms with Crippen LogP contribution in [-0.4, -0.2) is 35.4 Å². The molecular weight excluding hydrogens is 436 g/mol. The largest absolute Gasteiger partial charge is 0.308 e. The summed E-state index contributed by atoms with van der Waals surface area (Å²) >= 11 is 0. The number of hydrogen-bond donors (Lipinski definition) is 1. The van der Waals surface area contributed by atoms with Crippen LogP contribution in [0.1, 0.15) is 56.7 Å². The van der Waals surface area contributed by atoms with Gasteiger partial charge in [-0.2, -0.15) is 19.0 Å². The van der Waals surface area contributed by atoms with Crippen molar-refractivity contribution in [1.29, 1.82) is 0 Å². The van der Waals surface area contributed by atoms with Crippen LogP contribution in [0.25, 0.3) is 22.5 Å². The Morgan fingerprint density at radius 3 is 2.47 bits per heavy atom. The van der Waals surface area contributed by atoms with E-state index in [9.17, 15) is 8.78 Å². The van der Waals surface area contributed by atoms with Crippen LogP contribution in [-0.2, 0) is 12.5 Å². The highest BCUT2D eigenvalue weighted by atomic mass is 19.3. The van der Waals surface area contributed by atoms with Gasteiger partial charge in [0.2, 0.25) is 17.5 Å². The highest BCUT2D eigenvalue weighted by Crippen LogP contribution is 2.32. The van der Waals surface area contributed by atoms with Crippen molar-refractivity contribution in [3.05, 3.63) is 65.7 Å². The number of halogens is 2. The third kappa shape index (κ3) is 5.17. The van der Waals surface area contributed by atoms with E-state index in [0.29, 0.717) is 25.1 Å². The van der Waals surface area contributed by atoms with Gasteiger partial charge in [0.05, 0.1) is 6.54 Å². The van der Waals surface area contributed by atoms with Crippen LogP contribution < -0.4 is 0 Å². The van der Waals surface area contributed by atoms with Crippen LogP contribution in [0.3, 0.4) is 0 Å². The molecule has 0 atom stereocenters. The van der Waals surface area contributed by atoms with Gasteiger partial charge in [-0.05, 0) is 34.2 Å². The second-order valence-electron chi connectivity index (χ2n) is 7.86. The molecule has 0 amide bonds. The Bertz CT molecular complexity index is 1280. The smallest absolute Gasteiger partial charge is 0.234 e. The fraction of sp³-hybridized carbons (Fsp3) is 0.320. The van der Waals surface area contributed by atoms with Gasteiger partial charge in [0.1, 0.15) is 0 Å². The monoisotopic (exact) mass is 461 g/mol. The summed E-state index contributed by atoms with van der Waals surface area (Å²) in [6.45, 7) is 4.07. The summed E-state index contributed by atoms with van der Waals surface area (Å²) in [6, 6.07) is 15.6. The number of aromatic amines is 1. The first kappa shape index (κ1) is 23.2. The zero-order valence-electron chi connectivity index (χ0n) is 19.1. The Hall–Kier alpha value is -3.93. The molecule has 0 aliphatic heterocycles. The third-order valence-electron chi connectivity index (χ3n) is 5.33. The lowest BCUT2D eigenvalue weighted by molar-refractivity contribution is -0.0245. The van der Waals surface area contributed by atoms with Crippen LogP contribution >= 0.6 is 0 Å². The first-order valence-corrected chi connectivity index (χ1v) is 11.3. The Labute approximate surface area is 196 Å². The fourth-order valence-electron chi connectivity index (χ4n) is 3.55. The van der Waals surface area contributed by atoms with E-state index in [1.54, 1.807) is 0 Å². The highest BCUT2D eigenvalue weighted by Gasteiger charge is 2.36. The van der Waals surface area contributed by atoms with Crippen LogP contribution in [0.15, 0.2) is 48.5 Å². The summed E-state index contributed by atoms with van der Waals surface area (Å²) in [4.78, 5) is 4.08. The number of benzene rings is 2. The van der Waals surface area contributed by atoms with E-state index in [1.165, 1.54) is 4.68 Å². The lowest BCUT2D eigenvalue weighted by Gasteiger charge is -2.11. The minimum absolute atomic E-state index is 0.250. The van der Waals surface area contributed by atoms with Crippen molar-refractivity contribution in [1.82, 2.24) is 35.4 Å². The van der Waals surface area contributed by atoms with Gasteiger partial charge in [0, 0.05) is 18.4 Å². The van der Waals surface area contributed by atoms with E-state index < -0.39 is 11.7 Å². The molecule has 7 nitrogen and oxygen atoms in total. The van der Waals surface area contributed by atoms with Crippen molar-refractivity contribution >= 4 is 0 Å². The molecule has 174 valence electrons. The van der Waals surface area contributed by atoms with Gasteiger partial charge < -0.3 is 0 Å². The normalized spacial score (nSPS) is 11.3. The lowest BCUT2D eigenvalue weighted by atomic mass is 9.98. The van der Waals surface area contributed by atoms with Gasteiger partial charge in [-0.1, -0.05) is 74.7 Å². The lowest BCUT2D eigenvalue weighted by Crippen LogP contribution is -2.16. The minimum Gasteiger partial charge on any atom is -0.234 e. The average molecular weight is 462 g/mol. The maximum Gasteiger partial charge on any atom is 0.308 e. The van der Waals surface area contributed by atoms with Gasteiger partial charge in [-0.25, -0.2) is 4.68 Å². The molecule has 0 fully saturated rings. The van der Waals surface area contributed by atoms with Crippen molar-refractivity contribution in [2.24, 2.45) is 0 Å². The maximum absolute atomic E-state index is 14.6. The fourth-order valence-corrected chi connectivity index (χ4v) is 3.55. The van der Waals surface area contributed by atoms with Crippen LogP contribution in [0.4, 0.5) is 8.78 Å². The molecule has 0 bridgehead atoms. The molecule has 34 heavy (non-hydrogen) atoms. The van der Waals surface area contributed by atoms with Crippen molar-refractivity contribution in [3.8, 4) is 34.4 Å². The molecule has 0 spiro atoms. The molecule has 2 heterocycles. The number of rotatable bonds is 8. The second-order valence-corrected chi connectivity index (χ2v) is 7.86. The van der Waals surface area contributed by atoms with Crippen molar-refractivity contribution < 1.29 is 8.78 Å². The van der Waals surface area contributed by atoms with Crippen LogP contribution in [0.5, 0.6) is 0 Å². The molecule has 9 heteroatoms. The molecule has 0 radical (unpaired) electrons. The predicted octanol–water partition coefficient (Wildman–Crippen LogP) is 5.22. The van der Waals surface area contributed by atoms with Gasteiger partial charge in [-0.15, -0.1) is 15.3 Å². The van der Waals surface area contributed by atoms with Gasteiger partial charge in [-0.3, -0.25) is 0 Å². The molecule has 4 rings (SSSR count). The van der Waals surface area contributed by atoms with E-state index in [4.69, 9.17) is 0 Å². The van der Waals surface area contributed by atoms with Crippen molar-refractivity contribution in [3.63, 3.8) is 0 Å². The number of tetrazole rings is 1. The molecule has 0 saturated heterocycles. The summed E-state index contributed by atoms with van der Waals surface area (Å²) in [6.07, 6.45) is 1.41. The van der Waals surface area contributed by atoms with E-state index in [-0.39, 0.29) is 18.8 Å². The molecule has 1 N–H and O–H groups in total. The van der Waals surface area contributed by atoms with Crippen molar-refractivity contribution in [2.45, 2.75) is 52.0 Å². The zero-order chi connectivity index (χ0) is 24.0. The molecule has 2 aromatic carbocycles. The summed E-state index contributed by atoms with van der Waals surface area (Å²) in [5.74, 6) is 3.01. The topological polar surface area (TPSA) is 85.2 Å². The van der Waals surface area contributed by atoms with Gasteiger partial charge in [0.25, 0.3) is 0 Å². The molecule has 0 unspecified atom stereocenters. The van der Waals surface area contributed by atoms with Crippen LogP contribution in [0.2, 0.25) is 0 Å². The summed E-state index contributed by atoms with van der Waals surface area (Å²) in [7, 11) is 0. The molecule has 0 saturated carbocycles. The Kier molecular flexibility index (Phi) is 7.07. The quantitative estimate of drug-likeness (QED) is 0.364. The molecule has 0 aliphatic carbocycles. The van der Waals surface area contributed by atoms with Gasteiger partial charge >= 0.3 is 5.92 Å². The van der Waals surface area contributed by atoms with Crippen LogP contribution in [0, 0.1) is 11.8 Å². The van der Waals surface area contributed by atoms with E-state index in [0.717, 1.165) is 22.3 Å². The zero-order valence-corrected chi connectivity index (χ0v) is 19.1. The Morgan fingerprint density at radius 1 is 1.03 bits per heavy atom. The number of unbranched alkanes of at least 4 members (excludes halogenated alkanes) is 1. The molecule has 0 aliphatic rings. The predicted molar refractivity (Wildman–Crippen MR) is 125 cm³/mol. The molecule has 4 aromatic rings. The Morgan fingerprint density at radius 2 is 1.79 bits per heavy atom. The van der Waals surface area contributed by atoms with E-state index in [2.05, 4.69) is 42.5 Å². The van der Waals surface area contributed by atoms with E-state index >= 15 is 0 Å². The number of nitrogens with one attached hydrogen (secondary N) is 1. The third-order valence-corrected chi connectivity index (χ3v) is 5.33.